The van der Waals surface area contributed by atoms with E-state index < -0.39 is 5.60 Å². The van der Waals surface area contributed by atoms with Gasteiger partial charge in [-0.05, 0) is 34.4 Å². The minimum atomic E-state index is -0.452. The van der Waals surface area contributed by atoms with Crippen LogP contribution in [0.1, 0.15) is 20.8 Å². The number of amides is 1. The van der Waals surface area contributed by atoms with Crippen LogP contribution in [0, 0.1) is 5.92 Å². The Hall–Kier alpha value is -0.810. The second-order valence-electron chi connectivity index (χ2n) is 5.47. The van der Waals surface area contributed by atoms with Crippen molar-refractivity contribution >= 4 is 6.09 Å². The van der Waals surface area contributed by atoms with Gasteiger partial charge < -0.3 is 20.7 Å². The molecule has 1 heterocycles. The number of likely N-dealkylation sites (N-methyl/N-ethyl adjacent to an activating group) is 1. The second kappa shape index (κ2) is 5.01. The first kappa shape index (κ1) is 13.3. The quantitative estimate of drug-likeness (QED) is 0.719. The van der Waals surface area contributed by atoms with Gasteiger partial charge in [-0.3, -0.25) is 0 Å². The van der Waals surface area contributed by atoms with Crippen LogP contribution in [0.3, 0.4) is 0 Å². The van der Waals surface area contributed by atoms with Crippen LogP contribution in [-0.2, 0) is 4.74 Å². The van der Waals surface area contributed by atoms with Crippen molar-refractivity contribution in [1.82, 2.24) is 10.2 Å². The van der Waals surface area contributed by atoms with Gasteiger partial charge in [-0.15, -0.1) is 0 Å². The normalized spacial score (nSPS) is 26.8. The number of hydrogen-bond acceptors (Lipinski definition) is 4. The van der Waals surface area contributed by atoms with Crippen molar-refractivity contribution in [3.05, 3.63) is 0 Å². The van der Waals surface area contributed by atoms with E-state index in [1.165, 1.54) is 0 Å². The number of rotatable bonds is 2. The molecule has 1 aliphatic heterocycles. The number of carbonyl (C=O) groups is 1. The van der Waals surface area contributed by atoms with Crippen molar-refractivity contribution in [2.24, 2.45) is 11.7 Å². The van der Waals surface area contributed by atoms with Gasteiger partial charge in [0.1, 0.15) is 5.60 Å². The first-order valence-electron chi connectivity index (χ1n) is 5.70. The fourth-order valence-corrected chi connectivity index (χ4v) is 1.95. The Morgan fingerprint density at radius 1 is 1.50 bits per heavy atom. The molecule has 3 N–H and O–H groups in total. The van der Waals surface area contributed by atoms with Gasteiger partial charge in [0.15, 0.2) is 0 Å². The van der Waals surface area contributed by atoms with Crippen LogP contribution in [0.25, 0.3) is 0 Å². The molecule has 0 unspecified atom stereocenters. The molecule has 2 atom stereocenters. The molecule has 0 saturated carbocycles. The maximum atomic E-state index is 11.6. The summed E-state index contributed by atoms with van der Waals surface area (Å²) in [5.74, 6) is 0.317. The van der Waals surface area contributed by atoms with E-state index in [4.69, 9.17) is 10.5 Å². The molecule has 0 aromatic carbocycles. The molecule has 0 radical (unpaired) electrons. The fourth-order valence-electron chi connectivity index (χ4n) is 1.95. The van der Waals surface area contributed by atoms with Gasteiger partial charge in [-0.25, -0.2) is 4.79 Å². The van der Waals surface area contributed by atoms with Crippen LogP contribution in [0.5, 0.6) is 0 Å². The highest BCUT2D eigenvalue weighted by molar-refractivity contribution is 5.68. The van der Waals surface area contributed by atoms with Crippen LogP contribution in [0.2, 0.25) is 0 Å². The standard InChI is InChI=1S/C11H23N3O2/c1-11(2,3)16-10(15)13-9-7-14(4)6-8(9)5-12/h8-9H,5-7,12H2,1-4H3,(H,13,15)/t8-,9+/m0/s1. The summed E-state index contributed by atoms with van der Waals surface area (Å²) in [6, 6.07) is 0.102. The smallest absolute Gasteiger partial charge is 0.407 e. The molecule has 0 aromatic heterocycles. The molecule has 5 nitrogen and oxygen atoms in total. The summed E-state index contributed by atoms with van der Waals surface area (Å²) in [5, 5.41) is 2.88. The average Bonchev–Trinajstić information content (AvgIpc) is 2.42. The van der Waals surface area contributed by atoms with Crippen LogP contribution in [-0.4, -0.2) is 49.3 Å². The van der Waals surface area contributed by atoms with E-state index >= 15 is 0 Å². The highest BCUT2D eigenvalue weighted by Gasteiger charge is 2.31. The molecular weight excluding hydrogens is 206 g/mol. The Morgan fingerprint density at radius 3 is 2.62 bits per heavy atom. The monoisotopic (exact) mass is 229 g/mol. The Morgan fingerprint density at radius 2 is 2.12 bits per heavy atom. The van der Waals surface area contributed by atoms with Crippen molar-refractivity contribution in [2.75, 3.05) is 26.7 Å². The SMILES string of the molecule is CN1C[C@H](CN)[C@H](NC(=O)OC(C)(C)C)C1. The largest absolute Gasteiger partial charge is 0.444 e. The number of nitrogens with one attached hydrogen (secondary N) is 1. The molecule has 1 saturated heterocycles. The third kappa shape index (κ3) is 3.98. The molecule has 1 aliphatic rings. The first-order valence-corrected chi connectivity index (χ1v) is 5.70. The fraction of sp³-hybridized carbons (Fsp3) is 0.909. The summed E-state index contributed by atoms with van der Waals surface area (Å²) in [7, 11) is 2.03. The van der Waals surface area contributed by atoms with Crippen molar-refractivity contribution in [3.8, 4) is 0 Å². The minimum Gasteiger partial charge on any atom is -0.444 e. The lowest BCUT2D eigenvalue weighted by Gasteiger charge is -2.23. The molecule has 1 rings (SSSR count). The molecule has 1 fully saturated rings. The van der Waals surface area contributed by atoms with Crippen molar-refractivity contribution in [2.45, 2.75) is 32.4 Å². The van der Waals surface area contributed by atoms with E-state index in [0.717, 1.165) is 13.1 Å². The highest BCUT2D eigenvalue weighted by atomic mass is 16.6. The number of alkyl carbamates (subject to hydrolysis) is 1. The lowest BCUT2D eigenvalue weighted by atomic mass is 10.0. The lowest BCUT2D eigenvalue weighted by Crippen LogP contribution is -2.44. The predicted octanol–water partition coefficient (Wildman–Crippen LogP) is 0.400. The first-order chi connectivity index (χ1) is 7.31. The van der Waals surface area contributed by atoms with Gasteiger partial charge >= 0.3 is 6.09 Å². The minimum absolute atomic E-state index is 0.102. The summed E-state index contributed by atoms with van der Waals surface area (Å²) >= 11 is 0. The van der Waals surface area contributed by atoms with E-state index in [0.29, 0.717) is 12.5 Å². The number of hydrogen-bond donors (Lipinski definition) is 2. The van der Waals surface area contributed by atoms with Gasteiger partial charge in [0.2, 0.25) is 0 Å². The molecule has 1 amide bonds. The van der Waals surface area contributed by atoms with E-state index in [9.17, 15) is 4.79 Å². The van der Waals surface area contributed by atoms with Crippen LogP contribution in [0.15, 0.2) is 0 Å². The Labute approximate surface area is 97.3 Å². The van der Waals surface area contributed by atoms with Crippen LogP contribution in [0.4, 0.5) is 4.79 Å². The van der Waals surface area contributed by atoms with Crippen molar-refractivity contribution in [1.29, 1.82) is 0 Å². The summed E-state index contributed by atoms with van der Waals surface area (Å²) in [4.78, 5) is 13.8. The molecular formula is C11H23N3O2. The van der Waals surface area contributed by atoms with E-state index in [1.807, 2.05) is 27.8 Å². The molecule has 5 heteroatoms. The van der Waals surface area contributed by atoms with Gasteiger partial charge in [0.05, 0.1) is 6.04 Å². The van der Waals surface area contributed by atoms with Crippen molar-refractivity contribution in [3.63, 3.8) is 0 Å². The van der Waals surface area contributed by atoms with Crippen LogP contribution >= 0.6 is 0 Å². The van der Waals surface area contributed by atoms with Crippen molar-refractivity contribution < 1.29 is 9.53 Å². The zero-order chi connectivity index (χ0) is 12.3. The number of nitrogens with zero attached hydrogens (tertiary/aromatic N) is 1. The van der Waals surface area contributed by atoms with Gasteiger partial charge in [0, 0.05) is 19.0 Å². The maximum absolute atomic E-state index is 11.6. The van der Waals surface area contributed by atoms with Gasteiger partial charge in [-0.2, -0.15) is 0 Å². The van der Waals surface area contributed by atoms with E-state index in [2.05, 4.69) is 10.2 Å². The molecule has 16 heavy (non-hydrogen) atoms. The Balaban J connectivity index is 2.44. The second-order valence-corrected chi connectivity index (χ2v) is 5.47. The average molecular weight is 229 g/mol. The lowest BCUT2D eigenvalue weighted by molar-refractivity contribution is 0.0497. The number of ether oxygens (including phenoxy) is 1. The molecule has 0 bridgehead atoms. The maximum Gasteiger partial charge on any atom is 0.407 e. The summed E-state index contributed by atoms with van der Waals surface area (Å²) in [6.07, 6.45) is -0.355. The molecule has 0 spiro atoms. The topological polar surface area (TPSA) is 67.6 Å². The highest BCUT2D eigenvalue weighted by Crippen LogP contribution is 2.15. The summed E-state index contributed by atoms with van der Waals surface area (Å²) < 4.78 is 5.22. The third-order valence-corrected chi connectivity index (χ3v) is 2.63. The van der Waals surface area contributed by atoms with Gasteiger partial charge in [0.25, 0.3) is 0 Å². The molecule has 0 aliphatic carbocycles. The molecule has 94 valence electrons. The Bertz CT molecular complexity index is 250. The number of carbonyl (C=O) groups excluding carboxylic acids is 1. The molecule has 0 aromatic rings. The predicted molar refractivity (Wildman–Crippen MR) is 63.2 cm³/mol. The van der Waals surface area contributed by atoms with E-state index in [1.54, 1.807) is 0 Å². The third-order valence-electron chi connectivity index (χ3n) is 2.63. The summed E-state index contributed by atoms with van der Waals surface area (Å²) in [6.45, 7) is 7.91. The Kier molecular flexibility index (Phi) is 4.15. The van der Waals surface area contributed by atoms with E-state index in [-0.39, 0.29) is 12.1 Å². The zero-order valence-corrected chi connectivity index (χ0v) is 10.6. The van der Waals surface area contributed by atoms with Gasteiger partial charge in [-0.1, -0.05) is 0 Å². The zero-order valence-electron chi connectivity index (χ0n) is 10.6. The summed E-state index contributed by atoms with van der Waals surface area (Å²) in [5.41, 5.74) is 5.22. The number of likely N-dealkylation sites (tertiary alicyclic amines) is 1. The van der Waals surface area contributed by atoms with Crippen LogP contribution < -0.4 is 11.1 Å². The number of nitrogens with two attached hydrogens (primary N) is 1.